The zero-order chi connectivity index (χ0) is 11.1. The quantitative estimate of drug-likeness (QED) is 0.641. The van der Waals surface area contributed by atoms with Gasteiger partial charge in [-0.25, -0.2) is 4.79 Å². The Kier molecular flexibility index (Phi) is 4.68. The Morgan fingerprint density at radius 3 is 3.13 bits per heavy atom. The molecule has 1 heterocycles. The molecule has 0 aliphatic heterocycles. The van der Waals surface area contributed by atoms with E-state index in [-0.39, 0.29) is 12.6 Å². The molecule has 80 valence electrons. The van der Waals surface area contributed by atoms with Gasteiger partial charge in [0.05, 0.1) is 6.54 Å². The van der Waals surface area contributed by atoms with Gasteiger partial charge in [0, 0.05) is 22.9 Å². The molecule has 0 saturated heterocycles. The van der Waals surface area contributed by atoms with Crippen molar-refractivity contribution in [3.8, 4) is 11.8 Å². The van der Waals surface area contributed by atoms with E-state index in [1.165, 1.54) is 11.3 Å². The van der Waals surface area contributed by atoms with E-state index in [1.54, 1.807) is 7.05 Å². The smallest absolute Gasteiger partial charge is 0.314 e. The summed E-state index contributed by atoms with van der Waals surface area (Å²) in [6.45, 7) is 0.354. The SMILES string of the molecule is CNC(=O)NCc1cc(C#CCO)cs1. The molecule has 1 aromatic rings. The van der Waals surface area contributed by atoms with E-state index >= 15 is 0 Å². The molecule has 0 aromatic carbocycles. The van der Waals surface area contributed by atoms with Crippen LogP contribution in [-0.2, 0) is 6.54 Å². The molecule has 0 spiro atoms. The summed E-state index contributed by atoms with van der Waals surface area (Å²) in [7, 11) is 1.57. The van der Waals surface area contributed by atoms with Crippen molar-refractivity contribution in [3.63, 3.8) is 0 Å². The van der Waals surface area contributed by atoms with Crippen molar-refractivity contribution in [3.05, 3.63) is 21.9 Å². The average Bonchev–Trinajstić information content (AvgIpc) is 2.71. The van der Waals surface area contributed by atoms with Gasteiger partial charge < -0.3 is 15.7 Å². The van der Waals surface area contributed by atoms with E-state index in [4.69, 9.17) is 5.11 Å². The molecule has 4 nitrogen and oxygen atoms in total. The van der Waals surface area contributed by atoms with Crippen molar-refractivity contribution in [1.29, 1.82) is 0 Å². The van der Waals surface area contributed by atoms with Crippen LogP contribution in [0.1, 0.15) is 10.4 Å². The van der Waals surface area contributed by atoms with Gasteiger partial charge in [0.1, 0.15) is 6.61 Å². The second-order valence-electron chi connectivity index (χ2n) is 2.69. The molecule has 1 aromatic heterocycles. The molecule has 3 N–H and O–H groups in total. The van der Waals surface area contributed by atoms with Crippen LogP contribution in [0.2, 0.25) is 0 Å². The molecule has 15 heavy (non-hydrogen) atoms. The van der Waals surface area contributed by atoms with E-state index in [9.17, 15) is 4.79 Å². The fourth-order valence-electron chi connectivity index (χ4n) is 0.936. The Hall–Kier alpha value is -1.51. The number of aliphatic hydroxyl groups excluding tert-OH is 1. The Labute approximate surface area is 92.3 Å². The number of thiophene rings is 1. The van der Waals surface area contributed by atoms with Crippen LogP contribution in [0.15, 0.2) is 11.4 Å². The van der Waals surface area contributed by atoms with Crippen LogP contribution >= 0.6 is 11.3 Å². The van der Waals surface area contributed by atoms with Crippen LogP contribution in [-0.4, -0.2) is 24.8 Å². The summed E-state index contributed by atoms with van der Waals surface area (Å²) in [5, 5.41) is 15.6. The minimum absolute atomic E-state index is 0.137. The maximum atomic E-state index is 10.9. The minimum Gasteiger partial charge on any atom is -0.384 e. The topological polar surface area (TPSA) is 61.4 Å². The first-order valence-electron chi connectivity index (χ1n) is 4.39. The molecule has 5 heteroatoms. The molecular weight excluding hydrogens is 212 g/mol. The van der Waals surface area contributed by atoms with Gasteiger partial charge in [-0.2, -0.15) is 0 Å². The third kappa shape index (κ3) is 4.02. The first-order valence-corrected chi connectivity index (χ1v) is 5.27. The lowest BCUT2D eigenvalue weighted by Crippen LogP contribution is -2.31. The third-order valence-electron chi connectivity index (χ3n) is 1.62. The van der Waals surface area contributed by atoms with Gasteiger partial charge in [0.25, 0.3) is 0 Å². The van der Waals surface area contributed by atoms with Crippen LogP contribution in [0, 0.1) is 11.8 Å². The molecule has 0 radical (unpaired) electrons. The van der Waals surface area contributed by atoms with Crippen LogP contribution in [0.25, 0.3) is 0 Å². The Morgan fingerprint density at radius 1 is 1.67 bits per heavy atom. The van der Waals surface area contributed by atoms with Crippen LogP contribution < -0.4 is 10.6 Å². The summed E-state index contributed by atoms with van der Waals surface area (Å²) in [5.41, 5.74) is 0.864. The van der Waals surface area contributed by atoms with Gasteiger partial charge in [-0.15, -0.1) is 11.3 Å². The standard InChI is InChI=1S/C10H12N2O2S/c1-11-10(14)12-6-9-5-8(7-15-9)3-2-4-13/h5,7,13H,4,6H2,1H3,(H2,11,12,14). The zero-order valence-corrected chi connectivity index (χ0v) is 9.15. The number of carbonyl (C=O) groups is 1. The molecule has 2 amide bonds. The lowest BCUT2D eigenvalue weighted by molar-refractivity contribution is 0.242. The van der Waals surface area contributed by atoms with E-state index in [1.807, 2.05) is 11.4 Å². The number of hydrogen-bond donors (Lipinski definition) is 3. The Balaban J connectivity index is 2.49. The van der Waals surface area contributed by atoms with E-state index < -0.39 is 0 Å². The maximum absolute atomic E-state index is 10.9. The van der Waals surface area contributed by atoms with E-state index in [0.29, 0.717) is 6.54 Å². The summed E-state index contributed by atoms with van der Waals surface area (Å²) in [4.78, 5) is 11.9. The van der Waals surface area contributed by atoms with Crippen molar-refractivity contribution < 1.29 is 9.90 Å². The van der Waals surface area contributed by atoms with Crippen molar-refractivity contribution >= 4 is 17.4 Å². The summed E-state index contributed by atoms with van der Waals surface area (Å²) in [6.07, 6.45) is 0. The second kappa shape index (κ2) is 6.06. The number of nitrogens with one attached hydrogen (secondary N) is 2. The molecule has 0 atom stereocenters. The number of carbonyl (C=O) groups excluding carboxylic acids is 1. The van der Waals surface area contributed by atoms with E-state index in [0.717, 1.165) is 10.4 Å². The summed E-state index contributed by atoms with van der Waals surface area (Å²) in [5.74, 6) is 5.36. The second-order valence-corrected chi connectivity index (χ2v) is 3.69. The molecular formula is C10H12N2O2S. The number of urea groups is 1. The van der Waals surface area contributed by atoms with Crippen molar-refractivity contribution in [1.82, 2.24) is 10.6 Å². The normalized spacial score (nSPS) is 8.93. The first kappa shape index (κ1) is 11.6. The minimum atomic E-state index is -0.202. The predicted octanol–water partition coefficient (Wildman–Crippen LogP) is 0.521. The highest BCUT2D eigenvalue weighted by atomic mass is 32.1. The number of rotatable bonds is 2. The maximum Gasteiger partial charge on any atom is 0.314 e. The monoisotopic (exact) mass is 224 g/mol. The highest BCUT2D eigenvalue weighted by Crippen LogP contribution is 2.13. The molecule has 0 unspecified atom stereocenters. The van der Waals surface area contributed by atoms with Crippen molar-refractivity contribution in [2.45, 2.75) is 6.54 Å². The molecule has 0 aliphatic carbocycles. The summed E-state index contributed by atoms with van der Waals surface area (Å²) >= 11 is 1.53. The average molecular weight is 224 g/mol. The van der Waals surface area contributed by atoms with Crippen molar-refractivity contribution in [2.75, 3.05) is 13.7 Å². The fraction of sp³-hybridized carbons (Fsp3) is 0.300. The van der Waals surface area contributed by atoms with E-state index in [2.05, 4.69) is 22.5 Å². The number of aliphatic hydroxyl groups is 1. The molecule has 0 bridgehead atoms. The summed E-state index contributed by atoms with van der Waals surface area (Å²) < 4.78 is 0. The summed E-state index contributed by atoms with van der Waals surface area (Å²) in [6, 6.07) is 1.69. The van der Waals surface area contributed by atoms with Gasteiger partial charge in [-0.05, 0) is 6.07 Å². The van der Waals surface area contributed by atoms with Gasteiger partial charge >= 0.3 is 6.03 Å². The largest absolute Gasteiger partial charge is 0.384 e. The highest BCUT2D eigenvalue weighted by molar-refractivity contribution is 7.10. The van der Waals surface area contributed by atoms with Crippen LogP contribution in [0.4, 0.5) is 4.79 Å². The van der Waals surface area contributed by atoms with Gasteiger partial charge in [-0.1, -0.05) is 11.8 Å². The van der Waals surface area contributed by atoms with Gasteiger partial charge in [0.2, 0.25) is 0 Å². The Bertz CT molecular complexity index is 390. The van der Waals surface area contributed by atoms with Gasteiger partial charge in [-0.3, -0.25) is 0 Å². The first-order chi connectivity index (χ1) is 7.26. The molecule has 1 rings (SSSR count). The molecule has 0 aliphatic rings. The van der Waals surface area contributed by atoms with Crippen molar-refractivity contribution in [2.24, 2.45) is 0 Å². The van der Waals surface area contributed by atoms with Crippen LogP contribution in [0.5, 0.6) is 0 Å². The number of hydrogen-bond acceptors (Lipinski definition) is 3. The lowest BCUT2D eigenvalue weighted by Gasteiger charge is -2.00. The zero-order valence-electron chi connectivity index (χ0n) is 8.33. The molecule has 0 saturated carbocycles. The van der Waals surface area contributed by atoms with Gasteiger partial charge in [0.15, 0.2) is 0 Å². The fourth-order valence-corrected chi connectivity index (χ4v) is 1.69. The number of amides is 2. The highest BCUT2D eigenvalue weighted by Gasteiger charge is 1.99. The molecule has 0 fully saturated rings. The lowest BCUT2D eigenvalue weighted by atomic mass is 10.3. The van der Waals surface area contributed by atoms with Crippen LogP contribution in [0.3, 0.4) is 0 Å². The third-order valence-corrected chi connectivity index (χ3v) is 2.55. The predicted molar refractivity (Wildman–Crippen MR) is 59.6 cm³/mol. The Morgan fingerprint density at radius 2 is 2.47 bits per heavy atom.